The Kier molecular flexibility index (Phi) is 77.3. The third-order valence-electron chi connectivity index (χ3n) is 19.5. The third-order valence-corrected chi connectivity index (χ3v) is 19.5. The van der Waals surface area contributed by atoms with Crippen LogP contribution in [0, 0.1) is 0 Å². The number of unbranched alkanes of at least 4 members (excludes halogenated alkanes) is 63. The molecule has 0 spiro atoms. The van der Waals surface area contributed by atoms with Crippen molar-refractivity contribution in [3.05, 3.63) is 24.3 Å². The molecular formula is C83H161NO5. The quantitative estimate of drug-likeness (QED) is 0.0320. The van der Waals surface area contributed by atoms with Crippen LogP contribution >= 0.6 is 0 Å². The summed E-state index contributed by atoms with van der Waals surface area (Å²) in [4.78, 5) is 24.7. The minimum Gasteiger partial charge on any atom is -0.466 e. The topological polar surface area (TPSA) is 95.9 Å². The van der Waals surface area contributed by atoms with Crippen molar-refractivity contribution in [1.82, 2.24) is 5.32 Å². The van der Waals surface area contributed by atoms with E-state index < -0.39 is 12.1 Å². The predicted octanol–water partition coefficient (Wildman–Crippen LogP) is 27.2. The zero-order chi connectivity index (χ0) is 64.2. The Morgan fingerprint density at radius 1 is 0.315 bits per heavy atom. The summed E-state index contributed by atoms with van der Waals surface area (Å²) in [5.74, 6) is -0.0101. The highest BCUT2D eigenvalue weighted by Crippen LogP contribution is 2.20. The maximum absolute atomic E-state index is 12.6. The Labute approximate surface area is 558 Å². The van der Waals surface area contributed by atoms with E-state index in [2.05, 4.69) is 43.5 Å². The summed E-state index contributed by atoms with van der Waals surface area (Å²) in [5.41, 5.74) is 0. The van der Waals surface area contributed by atoms with Crippen molar-refractivity contribution in [2.24, 2.45) is 0 Å². The Morgan fingerprint density at radius 3 is 0.854 bits per heavy atom. The lowest BCUT2D eigenvalue weighted by Crippen LogP contribution is -2.45. The molecule has 0 aromatic carbocycles. The van der Waals surface area contributed by atoms with Crippen LogP contribution in [0.2, 0.25) is 0 Å². The molecule has 0 aliphatic carbocycles. The van der Waals surface area contributed by atoms with Gasteiger partial charge >= 0.3 is 5.97 Å². The van der Waals surface area contributed by atoms with Gasteiger partial charge < -0.3 is 20.3 Å². The Hall–Kier alpha value is -1.66. The monoisotopic (exact) mass is 1250 g/mol. The van der Waals surface area contributed by atoms with Gasteiger partial charge in [-0.25, -0.2) is 0 Å². The van der Waals surface area contributed by atoms with E-state index in [1.54, 1.807) is 0 Å². The first-order valence-electron chi connectivity index (χ1n) is 41.1. The van der Waals surface area contributed by atoms with E-state index in [1.165, 1.54) is 392 Å². The molecule has 2 unspecified atom stereocenters. The second-order valence-corrected chi connectivity index (χ2v) is 28.5. The number of hydrogen-bond donors (Lipinski definition) is 3. The van der Waals surface area contributed by atoms with Gasteiger partial charge in [0.15, 0.2) is 0 Å². The minimum absolute atomic E-state index is 0.0184. The first kappa shape index (κ1) is 87.3. The standard InChI is InChI=1S/C83H161NO5/c1-3-5-7-9-11-13-15-17-19-21-22-23-24-34-37-40-44-47-51-55-59-63-67-71-75-81(86)80(79-85)84-82(87)76-72-68-64-60-56-52-48-45-41-38-35-32-30-28-26-25-27-29-31-33-36-39-42-46-50-54-58-62-66-70-74-78-89-83(88)77-73-69-65-61-57-53-49-43-20-18-16-14-12-10-8-6-4-2/h27,29,33,36,80-81,85-86H,3-26,28,30-32,34-35,37-79H2,1-2H3,(H,84,87)/b29-27-,36-33-. The first-order chi connectivity index (χ1) is 44.0. The van der Waals surface area contributed by atoms with Crippen molar-refractivity contribution in [2.45, 2.75) is 482 Å². The van der Waals surface area contributed by atoms with Crippen LogP contribution in [-0.2, 0) is 14.3 Å². The number of amides is 1. The molecular weight excluding hydrogens is 1090 g/mol. The second-order valence-electron chi connectivity index (χ2n) is 28.5. The molecule has 0 rings (SSSR count). The number of nitrogens with one attached hydrogen (secondary N) is 1. The maximum atomic E-state index is 12.6. The average Bonchev–Trinajstić information content (AvgIpc) is 3.55. The smallest absolute Gasteiger partial charge is 0.305 e. The fourth-order valence-electron chi connectivity index (χ4n) is 13.3. The van der Waals surface area contributed by atoms with E-state index in [0.29, 0.717) is 25.9 Å². The van der Waals surface area contributed by atoms with E-state index in [4.69, 9.17) is 4.74 Å². The molecule has 0 saturated heterocycles. The van der Waals surface area contributed by atoms with Gasteiger partial charge in [0.05, 0.1) is 25.4 Å². The average molecular weight is 1250 g/mol. The number of rotatable bonds is 78. The minimum atomic E-state index is -0.666. The summed E-state index contributed by atoms with van der Waals surface area (Å²) in [7, 11) is 0. The van der Waals surface area contributed by atoms with Crippen LogP contribution in [0.4, 0.5) is 0 Å². The Balaban J connectivity index is 3.38. The molecule has 0 heterocycles. The van der Waals surface area contributed by atoms with Crippen LogP contribution in [0.3, 0.4) is 0 Å². The van der Waals surface area contributed by atoms with Crippen molar-refractivity contribution < 1.29 is 24.5 Å². The molecule has 0 aliphatic heterocycles. The molecule has 0 aliphatic rings. The lowest BCUT2D eigenvalue weighted by Gasteiger charge is -2.22. The summed E-state index contributed by atoms with van der Waals surface area (Å²) >= 11 is 0. The summed E-state index contributed by atoms with van der Waals surface area (Å²) in [6.07, 6.45) is 101. The Bertz CT molecular complexity index is 1400. The fraction of sp³-hybridized carbons (Fsp3) is 0.928. The van der Waals surface area contributed by atoms with Gasteiger partial charge in [-0.2, -0.15) is 0 Å². The highest BCUT2D eigenvalue weighted by atomic mass is 16.5. The molecule has 6 nitrogen and oxygen atoms in total. The largest absolute Gasteiger partial charge is 0.466 e. The van der Waals surface area contributed by atoms with Gasteiger partial charge in [-0.3, -0.25) is 9.59 Å². The zero-order valence-electron chi connectivity index (χ0n) is 60.7. The molecule has 2 atom stereocenters. The molecule has 0 aromatic heterocycles. The van der Waals surface area contributed by atoms with E-state index >= 15 is 0 Å². The van der Waals surface area contributed by atoms with Crippen molar-refractivity contribution in [2.75, 3.05) is 13.2 Å². The van der Waals surface area contributed by atoms with Gasteiger partial charge in [0, 0.05) is 12.8 Å². The lowest BCUT2D eigenvalue weighted by atomic mass is 10.0. The van der Waals surface area contributed by atoms with E-state index in [1.807, 2.05) is 0 Å². The molecule has 1 amide bonds. The first-order valence-corrected chi connectivity index (χ1v) is 41.1. The molecule has 6 heteroatoms. The van der Waals surface area contributed by atoms with Gasteiger partial charge in [0.25, 0.3) is 0 Å². The van der Waals surface area contributed by atoms with Crippen LogP contribution in [0.25, 0.3) is 0 Å². The SMILES string of the molecule is CCCCCCCCCCCCCCCCCCCCCCCCCCC(O)C(CO)NC(=O)CCCCCCCCCCCCCCCCC/C=C\C/C=C\CCCCCCCCCCCOC(=O)CCCCCCCCCCCCCCCCCCC. The predicted molar refractivity (Wildman–Crippen MR) is 393 cm³/mol. The summed E-state index contributed by atoms with van der Waals surface area (Å²) in [6, 6.07) is -0.543. The summed E-state index contributed by atoms with van der Waals surface area (Å²) < 4.78 is 5.51. The highest BCUT2D eigenvalue weighted by Gasteiger charge is 2.20. The number of allylic oxidation sites excluding steroid dienone is 4. The molecule has 0 fully saturated rings. The van der Waals surface area contributed by atoms with Crippen molar-refractivity contribution in [3.8, 4) is 0 Å². The second kappa shape index (κ2) is 78.8. The van der Waals surface area contributed by atoms with E-state index in [-0.39, 0.29) is 18.5 Å². The van der Waals surface area contributed by atoms with Crippen LogP contribution in [-0.4, -0.2) is 47.4 Å². The lowest BCUT2D eigenvalue weighted by molar-refractivity contribution is -0.143. The molecule has 0 aromatic rings. The van der Waals surface area contributed by atoms with Crippen LogP contribution in [0.15, 0.2) is 24.3 Å². The van der Waals surface area contributed by atoms with Gasteiger partial charge in [-0.1, -0.05) is 423 Å². The summed E-state index contributed by atoms with van der Waals surface area (Å²) in [5, 5.41) is 23.5. The van der Waals surface area contributed by atoms with Gasteiger partial charge in [-0.05, 0) is 57.8 Å². The summed E-state index contributed by atoms with van der Waals surface area (Å²) in [6.45, 7) is 5.01. The zero-order valence-corrected chi connectivity index (χ0v) is 60.7. The van der Waals surface area contributed by atoms with Gasteiger partial charge in [-0.15, -0.1) is 0 Å². The number of aliphatic hydroxyl groups excluding tert-OH is 2. The number of carbonyl (C=O) groups is 2. The van der Waals surface area contributed by atoms with Gasteiger partial charge in [0.2, 0.25) is 5.91 Å². The van der Waals surface area contributed by atoms with Crippen molar-refractivity contribution in [3.63, 3.8) is 0 Å². The highest BCUT2D eigenvalue weighted by molar-refractivity contribution is 5.76. The maximum Gasteiger partial charge on any atom is 0.305 e. The van der Waals surface area contributed by atoms with Gasteiger partial charge in [0.1, 0.15) is 0 Å². The number of carbonyl (C=O) groups excluding carboxylic acids is 2. The Morgan fingerprint density at radius 2 is 0.562 bits per heavy atom. The van der Waals surface area contributed by atoms with Crippen LogP contribution in [0.5, 0.6) is 0 Å². The number of hydrogen-bond acceptors (Lipinski definition) is 5. The van der Waals surface area contributed by atoms with Crippen molar-refractivity contribution >= 4 is 11.9 Å². The molecule has 0 bridgehead atoms. The normalized spacial score (nSPS) is 12.5. The molecule has 3 N–H and O–H groups in total. The van der Waals surface area contributed by atoms with Crippen LogP contribution < -0.4 is 5.32 Å². The fourth-order valence-corrected chi connectivity index (χ4v) is 13.3. The van der Waals surface area contributed by atoms with E-state index in [0.717, 1.165) is 44.9 Å². The van der Waals surface area contributed by atoms with Crippen LogP contribution in [0.1, 0.15) is 470 Å². The third kappa shape index (κ3) is 75.3. The number of ether oxygens (including phenoxy) is 1. The molecule has 0 radical (unpaired) electrons. The number of esters is 1. The number of aliphatic hydroxyl groups is 2. The van der Waals surface area contributed by atoms with E-state index in [9.17, 15) is 19.8 Å². The molecule has 0 saturated carbocycles. The molecule has 528 valence electrons. The van der Waals surface area contributed by atoms with Crippen molar-refractivity contribution in [1.29, 1.82) is 0 Å². The molecule has 89 heavy (non-hydrogen) atoms.